The van der Waals surface area contributed by atoms with Crippen LogP contribution in [0.2, 0.25) is 0 Å². The van der Waals surface area contributed by atoms with Crippen molar-refractivity contribution in [3.05, 3.63) is 48.0 Å². The Morgan fingerprint density at radius 3 is 2.43 bits per heavy atom. The second-order valence-electron chi connectivity index (χ2n) is 6.94. The first-order chi connectivity index (χ1) is 14.3. The van der Waals surface area contributed by atoms with Gasteiger partial charge in [0.1, 0.15) is 16.4 Å². The van der Waals surface area contributed by atoms with Gasteiger partial charge in [-0.3, -0.25) is 4.79 Å². The fourth-order valence-corrected chi connectivity index (χ4v) is 4.59. The van der Waals surface area contributed by atoms with Crippen LogP contribution in [-0.4, -0.2) is 58.1 Å². The van der Waals surface area contributed by atoms with Crippen molar-refractivity contribution in [2.45, 2.75) is 24.8 Å². The predicted octanol–water partition coefficient (Wildman–Crippen LogP) is 2.43. The molecule has 1 heterocycles. The fraction of sp³-hybridized carbons (Fsp3) is 0.381. The molecule has 3 rings (SSSR count). The van der Waals surface area contributed by atoms with Crippen LogP contribution in [0, 0.1) is 6.92 Å². The number of hydrogen-bond acceptors (Lipinski definition) is 6. The SMILES string of the molecule is COc1ccc(NC(=O)C(C)Oc2ccc(C)cc2)cc1S(=O)(=O)N1CCOCC1. The van der Waals surface area contributed by atoms with Crippen LogP contribution in [0.25, 0.3) is 0 Å². The molecule has 8 nitrogen and oxygen atoms in total. The first-order valence-electron chi connectivity index (χ1n) is 9.61. The molecule has 1 unspecified atom stereocenters. The highest BCUT2D eigenvalue weighted by Crippen LogP contribution is 2.30. The molecule has 30 heavy (non-hydrogen) atoms. The molecule has 0 bridgehead atoms. The van der Waals surface area contributed by atoms with Crippen molar-refractivity contribution in [2.24, 2.45) is 0 Å². The zero-order valence-electron chi connectivity index (χ0n) is 17.3. The Hall–Kier alpha value is -2.62. The summed E-state index contributed by atoms with van der Waals surface area (Å²) in [5, 5.41) is 2.71. The molecule has 2 aromatic carbocycles. The average Bonchev–Trinajstić information content (AvgIpc) is 2.75. The number of rotatable bonds is 7. The van der Waals surface area contributed by atoms with Gasteiger partial charge in [-0.2, -0.15) is 4.31 Å². The minimum Gasteiger partial charge on any atom is -0.495 e. The number of sulfonamides is 1. The summed E-state index contributed by atoms with van der Waals surface area (Å²) in [5.74, 6) is 0.396. The van der Waals surface area contributed by atoms with E-state index in [1.54, 1.807) is 25.1 Å². The molecule has 162 valence electrons. The zero-order valence-corrected chi connectivity index (χ0v) is 18.1. The number of amides is 1. The zero-order chi connectivity index (χ0) is 21.7. The molecule has 1 aliphatic rings. The van der Waals surface area contributed by atoms with Gasteiger partial charge in [-0.05, 0) is 44.2 Å². The predicted molar refractivity (Wildman–Crippen MR) is 112 cm³/mol. The standard InChI is InChI=1S/C21H26N2O6S/c1-15-4-7-18(8-5-15)29-16(2)21(24)22-17-6-9-19(27-3)20(14-17)30(25,26)23-10-12-28-13-11-23/h4-9,14,16H,10-13H2,1-3H3,(H,22,24). The number of ether oxygens (including phenoxy) is 3. The quantitative estimate of drug-likeness (QED) is 0.719. The van der Waals surface area contributed by atoms with E-state index in [1.165, 1.54) is 23.5 Å². The van der Waals surface area contributed by atoms with Crippen LogP contribution < -0.4 is 14.8 Å². The Bertz CT molecular complexity index is 985. The van der Waals surface area contributed by atoms with Gasteiger partial charge >= 0.3 is 0 Å². The van der Waals surface area contributed by atoms with E-state index in [0.29, 0.717) is 24.7 Å². The molecular formula is C21H26N2O6S. The number of methoxy groups -OCH3 is 1. The fourth-order valence-electron chi connectivity index (χ4n) is 3.00. The third-order valence-corrected chi connectivity index (χ3v) is 6.64. The lowest BCUT2D eigenvalue weighted by molar-refractivity contribution is -0.122. The smallest absolute Gasteiger partial charge is 0.265 e. The van der Waals surface area contributed by atoms with Gasteiger partial charge in [0.05, 0.1) is 20.3 Å². The maximum Gasteiger partial charge on any atom is 0.265 e. The highest BCUT2D eigenvalue weighted by molar-refractivity contribution is 7.89. The van der Waals surface area contributed by atoms with Gasteiger partial charge in [-0.15, -0.1) is 0 Å². The summed E-state index contributed by atoms with van der Waals surface area (Å²) >= 11 is 0. The summed E-state index contributed by atoms with van der Waals surface area (Å²) in [5.41, 5.74) is 1.43. The van der Waals surface area contributed by atoms with Crippen molar-refractivity contribution in [3.63, 3.8) is 0 Å². The Labute approximate surface area is 176 Å². The molecule has 0 spiro atoms. The number of aryl methyl sites for hydroxylation is 1. The summed E-state index contributed by atoms with van der Waals surface area (Å²) in [6.45, 7) is 4.81. The molecule has 0 saturated carbocycles. The Morgan fingerprint density at radius 2 is 1.80 bits per heavy atom. The molecule has 1 aliphatic heterocycles. The first kappa shape index (κ1) is 22.1. The minimum absolute atomic E-state index is 0.00296. The molecule has 0 aliphatic carbocycles. The van der Waals surface area contributed by atoms with Gasteiger partial charge in [0.25, 0.3) is 5.91 Å². The number of nitrogens with one attached hydrogen (secondary N) is 1. The van der Waals surface area contributed by atoms with E-state index < -0.39 is 22.0 Å². The molecule has 1 saturated heterocycles. The van der Waals surface area contributed by atoms with E-state index in [-0.39, 0.29) is 23.7 Å². The van der Waals surface area contributed by atoms with Gasteiger partial charge in [-0.25, -0.2) is 8.42 Å². The summed E-state index contributed by atoms with van der Waals surface area (Å²) in [7, 11) is -2.38. The number of nitrogens with zero attached hydrogens (tertiary/aromatic N) is 1. The van der Waals surface area contributed by atoms with Crippen molar-refractivity contribution in [2.75, 3.05) is 38.7 Å². The van der Waals surface area contributed by atoms with Crippen LogP contribution in [0.3, 0.4) is 0 Å². The van der Waals surface area contributed by atoms with Crippen LogP contribution in [0.5, 0.6) is 11.5 Å². The highest BCUT2D eigenvalue weighted by Gasteiger charge is 2.30. The van der Waals surface area contributed by atoms with Gasteiger partial charge in [0.15, 0.2) is 6.10 Å². The Morgan fingerprint density at radius 1 is 1.13 bits per heavy atom. The lowest BCUT2D eigenvalue weighted by Crippen LogP contribution is -2.40. The van der Waals surface area contributed by atoms with Crippen molar-refractivity contribution in [1.29, 1.82) is 0 Å². The first-order valence-corrected chi connectivity index (χ1v) is 11.1. The maximum absolute atomic E-state index is 13.1. The summed E-state index contributed by atoms with van der Waals surface area (Å²) in [6.07, 6.45) is -0.769. The lowest BCUT2D eigenvalue weighted by Gasteiger charge is -2.27. The van der Waals surface area contributed by atoms with Crippen LogP contribution in [0.1, 0.15) is 12.5 Å². The molecule has 0 radical (unpaired) electrons. The molecule has 9 heteroatoms. The normalized spacial score (nSPS) is 16.0. The van der Waals surface area contributed by atoms with Crippen molar-refractivity contribution < 1.29 is 27.4 Å². The number of hydrogen-bond donors (Lipinski definition) is 1. The second-order valence-corrected chi connectivity index (χ2v) is 8.85. The molecule has 2 aromatic rings. The molecule has 1 fully saturated rings. The molecule has 1 amide bonds. The molecule has 0 aromatic heterocycles. The number of morpholine rings is 1. The van der Waals surface area contributed by atoms with Crippen LogP contribution in [0.15, 0.2) is 47.4 Å². The van der Waals surface area contributed by atoms with E-state index >= 15 is 0 Å². The average molecular weight is 435 g/mol. The van der Waals surface area contributed by atoms with Crippen molar-refractivity contribution in [1.82, 2.24) is 4.31 Å². The van der Waals surface area contributed by atoms with Crippen LogP contribution in [0.4, 0.5) is 5.69 Å². The summed E-state index contributed by atoms with van der Waals surface area (Å²) in [4.78, 5) is 12.6. The second kappa shape index (κ2) is 9.46. The van der Waals surface area contributed by atoms with Gasteiger partial charge < -0.3 is 19.5 Å². The number of benzene rings is 2. The topological polar surface area (TPSA) is 94.2 Å². The van der Waals surface area contributed by atoms with Crippen LogP contribution >= 0.6 is 0 Å². The molecular weight excluding hydrogens is 408 g/mol. The van der Waals surface area contributed by atoms with E-state index in [1.807, 2.05) is 19.1 Å². The van der Waals surface area contributed by atoms with Gasteiger partial charge in [0, 0.05) is 18.8 Å². The van der Waals surface area contributed by atoms with E-state index in [2.05, 4.69) is 5.32 Å². The van der Waals surface area contributed by atoms with E-state index in [4.69, 9.17) is 14.2 Å². The van der Waals surface area contributed by atoms with Crippen molar-refractivity contribution >= 4 is 21.6 Å². The van der Waals surface area contributed by atoms with Gasteiger partial charge in [-0.1, -0.05) is 17.7 Å². The molecule has 1 atom stereocenters. The number of carbonyl (C=O) groups excluding carboxylic acids is 1. The highest BCUT2D eigenvalue weighted by atomic mass is 32.2. The largest absolute Gasteiger partial charge is 0.495 e. The van der Waals surface area contributed by atoms with E-state index in [0.717, 1.165) is 5.56 Å². The minimum atomic E-state index is -3.79. The van der Waals surface area contributed by atoms with Crippen LogP contribution in [-0.2, 0) is 19.6 Å². The Balaban J connectivity index is 1.77. The monoisotopic (exact) mass is 434 g/mol. The Kier molecular flexibility index (Phi) is 6.96. The number of carbonyl (C=O) groups is 1. The van der Waals surface area contributed by atoms with Gasteiger partial charge in [0.2, 0.25) is 10.0 Å². The molecule has 1 N–H and O–H groups in total. The van der Waals surface area contributed by atoms with Crippen molar-refractivity contribution in [3.8, 4) is 11.5 Å². The third kappa shape index (κ3) is 5.10. The lowest BCUT2D eigenvalue weighted by atomic mass is 10.2. The summed E-state index contributed by atoms with van der Waals surface area (Å²) in [6, 6.07) is 11.9. The third-order valence-electron chi connectivity index (χ3n) is 4.72. The number of anilines is 1. The maximum atomic E-state index is 13.1. The van der Waals surface area contributed by atoms with E-state index in [9.17, 15) is 13.2 Å². The summed E-state index contributed by atoms with van der Waals surface area (Å²) < 4.78 is 43.6.